The van der Waals surface area contributed by atoms with Crippen molar-refractivity contribution < 1.29 is 23.7 Å². The largest absolute Gasteiger partial charge is 0.497 e. The zero-order valence-corrected chi connectivity index (χ0v) is 31.5. The summed E-state index contributed by atoms with van der Waals surface area (Å²) in [6.45, 7) is 14.3. The lowest BCUT2D eigenvalue weighted by Gasteiger charge is -2.21. The van der Waals surface area contributed by atoms with Crippen molar-refractivity contribution in [2.75, 3.05) is 34.0 Å². The Bertz CT molecular complexity index is 1600. The highest BCUT2D eigenvalue weighted by Gasteiger charge is 2.24. The first-order valence-corrected chi connectivity index (χ1v) is 18.9. The van der Waals surface area contributed by atoms with Crippen LogP contribution < -0.4 is 29.1 Å². The Labute approximate surface area is 306 Å². The molecule has 0 radical (unpaired) electrons. The van der Waals surface area contributed by atoms with E-state index in [-0.39, 0.29) is 24.4 Å². The maximum absolute atomic E-state index is 14.3. The molecule has 0 bridgehead atoms. The van der Waals surface area contributed by atoms with Gasteiger partial charge in [0.05, 0.1) is 30.8 Å². The van der Waals surface area contributed by atoms with Crippen LogP contribution in [0.2, 0.25) is 0 Å². The summed E-state index contributed by atoms with van der Waals surface area (Å²) >= 11 is 0. The molecule has 0 aliphatic heterocycles. The molecule has 1 aromatic heterocycles. The minimum atomic E-state index is -0.300. The summed E-state index contributed by atoms with van der Waals surface area (Å²) in [5.74, 6) is 2.23. The SMILES string of the molecule is C=CCOc1ccc(-c2c(OCC=C)c(=O)c3c(OCC=C)cc(OC)cc3n2C=CCCCCCCCCCCCCCCCC)cc1OC. The van der Waals surface area contributed by atoms with Gasteiger partial charge >= 0.3 is 0 Å². The van der Waals surface area contributed by atoms with Crippen LogP contribution >= 0.6 is 0 Å². The highest BCUT2D eigenvalue weighted by atomic mass is 16.5. The number of benzene rings is 2. The van der Waals surface area contributed by atoms with Crippen molar-refractivity contribution in [1.29, 1.82) is 0 Å². The van der Waals surface area contributed by atoms with E-state index < -0.39 is 0 Å². The van der Waals surface area contributed by atoms with Crippen molar-refractivity contribution in [3.63, 3.8) is 0 Å². The number of methoxy groups -OCH3 is 2. The second-order valence-corrected chi connectivity index (χ2v) is 12.8. The number of hydrogen-bond acceptors (Lipinski definition) is 6. The Morgan fingerprint density at radius 1 is 0.647 bits per heavy atom. The first-order chi connectivity index (χ1) is 25.0. The highest BCUT2D eigenvalue weighted by molar-refractivity contribution is 5.93. The summed E-state index contributed by atoms with van der Waals surface area (Å²) in [7, 11) is 3.19. The van der Waals surface area contributed by atoms with E-state index in [1.54, 1.807) is 38.5 Å². The molecule has 2 aromatic carbocycles. The lowest BCUT2D eigenvalue weighted by molar-refractivity contribution is 0.326. The first kappa shape index (κ1) is 41.0. The Balaban J connectivity index is 1.88. The third-order valence-electron chi connectivity index (χ3n) is 8.91. The monoisotopic (exact) mass is 699 g/mol. The molecule has 0 spiro atoms. The van der Waals surface area contributed by atoms with E-state index in [1.807, 2.05) is 35.0 Å². The number of hydrogen-bond donors (Lipinski definition) is 0. The number of ether oxygens (including phenoxy) is 5. The number of pyridine rings is 1. The van der Waals surface area contributed by atoms with E-state index in [4.69, 9.17) is 23.7 Å². The van der Waals surface area contributed by atoms with Crippen molar-refractivity contribution >= 4 is 17.1 Å². The zero-order valence-electron chi connectivity index (χ0n) is 31.5. The molecule has 1 heterocycles. The molecule has 7 nitrogen and oxygen atoms in total. The van der Waals surface area contributed by atoms with Crippen LogP contribution in [0.1, 0.15) is 103 Å². The van der Waals surface area contributed by atoms with Crippen LogP contribution in [0.25, 0.3) is 28.4 Å². The zero-order chi connectivity index (χ0) is 36.7. The summed E-state index contributed by atoms with van der Waals surface area (Å²) in [6, 6.07) is 9.16. The average Bonchev–Trinajstić information content (AvgIpc) is 3.15. The molecule has 0 saturated carbocycles. The lowest BCUT2D eigenvalue weighted by atomic mass is 10.0. The standard InChI is InChI=1S/C44H61NO6/c1-7-11-12-13-14-15-16-17-18-19-20-21-22-23-24-25-28-45-37-33-36(47-5)34-40(50-30-9-3)41(37)43(46)44(51-31-10-4)42(45)35-26-27-38(49-29-8-2)39(32-35)48-6/h8-10,25-28,32-34H,2-4,7,11-24,29-31H2,1,5-6H3. The van der Waals surface area contributed by atoms with Gasteiger partial charge in [-0.2, -0.15) is 0 Å². The lowest BCUT2D eigenvalue weighted by Crippen LogP contribution is -2.16. The maximum atomic E-state index is 14.3. The summed E-state index contributed by atoms with van der Waals surface area (Å²) in [6.07, 6.45) is 28.5. The molecule has 0 fully saturated rings. The van der Waals surface area contributed by atoms with Crippen molar-refractivity contribution in [3.05, 3.63) is 84.6 Å². The molecular formula is C44H61NO6. The van der Waals surface area contributed by atoms with Gasteiger partial charge in [-0.3, -0.25) is 4.79 Å². The molecule has 0 atom stereocenters. The molecular weight excluding hydrogens is 638 g/mol. The molecule has 0 aliphatic carbocycles. The van der Waals surface area contributed by atoms with Crippen LogP contribution in [0.4, 0.5) is 0 Å². The number of unbranched alkanes of at least 4 members (excludes halogenated alkanes) is 14. The molecule has 0 N–H and O–H groups in total. The first-order valence-electron chi connectivity index (χ1n) is 18.9. The Kier molecular flexibility index (Phi) is 19.2. The third-order valence-corrected chi connectivity index (χ3v) is 8.91. The van der Waals surface area contributed by atoms with E-state index in [1.165, 1.54) is 83.5 Å². The van der Waals surface area contributed by atoms with Crippen LogP contribution in [0, 0.1) is 0 Å². The molecule has 0 unspecified atom stereocenters. The van der Waals surface area contributed by atoms with E-state index in [0.717, 1.165) is 12.8 Å². The van der Waals surface area contributed by atoms with Crippen LogP contribution in [-0.4, -0.2) is 38.6 Å². The second-order valence-electron chi connectivity index (χ2n) is 12.8. The Morgan fingerprint density at radius 2 is 1.22 bits per heavy atom. The molecule has 0 amide bonds. The maximum Gasteiger partial charge on any atom is 0.235 e. The molecule has 3 rings (SSSR count). The predicted octanol–water partition coefficient (Wildman–Crippen LogP) is 11.7. The Hall–Kier alpha value is -4.39. The van der Waals surface area contributed by atoms with Gasteiger partial charge in [0, 0.05) is 23.9 Å². The number of fused-ring (bicyclic) bond motifs is 1. The van der Waals surface area contributed by atoms with Crippen LogP contribution in [0.15, 0.2) is 79.2 Å². The van der Waals surface area contributed by atoms with Gasteiger partial charge in [-0.05, 0) is 31.0 Å². The Morgan fingerprint density at radius 3 is 1.78 bits per heavy atom. The molecule has 0 saturated heterocycles. The summed E-state index contributed by atoms with van der Waals surface area (Å²) in [4.78, 5) is 14.3. The average molecular weight is 700 g/mol. The summed E-state index contributed by atoms with van der Waals surface area (Å²) < 4.78 is 31.4. The number of aromatic nitrogens is 1. The van der Waals surface area contributed by atoms with Gasteiger partial charge < -0.3 is 28.3 Å². The highest BCUT2D eigenvalue weighted by Crippen LogP contribution is 2.40. The van der Waals surface area contributed by atoms with Gasteiger partial charge in [0.25, 0.3) is 0 Å². The number of allylic oxidation sites excluding steroid dienone is 1. The van der Waals surface area contributed by atoms with Crippen molar-refractivity contribution in [2.24, 2.45) is 0 Å². The van der Waals surface area contributed by atoms with Crippen LogP contribution in [-0.2, 0) is 0 Å². The van der Waals surface area contributed by atoms with Gasteiger partial charge in [0.1, 0.15) is 31.3 Å². The molecule has 0 aliphatic rings. The van der Waals surface area contributed by atoms with Gasteiger partial charge in [-0.1, -0.05) is 134 Å². The predicted molar refractivity (Wildman–Crippen MR) is 214 cm³/mol. The topological polar surface area (TPSA) is 68.2 Å². The second kappa shape index (κ2) is 23.9. The minimum Gasteiger partial charge on any atom is -0.497 e. The fourth-order valence-corrected chi connectivity index (χ4v) is 6.25. The fraction of sp³-hybridized carbons (Fsp3) is 0.477. The molecule has 278 valence electrons. The van der Waals surface area contributed by atoms with Crippen LogP contribution in [0.3, 0.4) is 0 Å². The van der Waals surface area contributed by atoms with E-state index in [9.17, 15) is 4.79 Å². The fourth-order valence-electron chi connectivity index (χ4n) is 6.25. The summed E-state index contributed by atoms with van der Waals surface area (Å²) in [5.41, 5.74) is 1.62. The molecule has 7 heteroatoms. The van der Waals surface area contributed by atoms with Crippen molar-refractivity contribution in [3.8, 4) is 40.0 Å². The minimum absolute atomic E-state index is 0.146. The number of rotatable bonds is 28. The van der Waals surface area contributed by atoms with Crippen molar-refractivity contribution in [2.45, 2.75) is 103 Å². The van der Waals surface area contributed by atoms with Gasteiger partial charge in [0.15, 0.2) is 17.2 Å². The third kappa shape index (κ3) is 12.7. The van der Waals surface area contributed by atoms with Gasteiger partial charge in [-0.25, -0.2) is 0 Å². The molecule has 3 aromatic rings. The summed E-state index contributed by atoms with van der Waals surface area (Å²) in [5, 5.41) is 0.388. The van der Waals surface area contributed by atoms with E-state index in [0.29, 0.717) is 51.8 Å². The molecule has 51 heavy (non-hydrogen) atoms. The quantitative estimate of drug-likeness (QED) is 0.0555. The van der Waals surface area contributed by atoms with E-state index in [2.05, 4.69) is 32.7 Å². The van der Waals surface area contributed by atoms with E-state index >= 15 is 0 Å². The normalized spacial score (nSPS) is 11.1. The van der Waals surface area contributed by atoms with Crippen LogP contribution in [0.5, 0.6) is 28.7 Å². The van der Waals surface area contributed by atoms with Crippen molar-refractivity contribution in [1.82, 2.24) is 4.57 Å². The number of nitrogens with zero attached hydrogens (tertiary/aromatic N) is 1. The van der Waals surface area contributed by atoms with Gasteiger partial charge in [-0.15, -0.1) is 0 Å². The smallest absolute Gasteiger partial charge is 0.235 e. The van der Waals surface area contributed by atoms with Gasteiger partial charge in [0.2, 0.25) is 5.43 Å².